The van der Waals surface area contributed by atoms with Crippen molar-refractivity contribution < 1.29 is 4.79 Å². The Balaban J connectivity index is 0.00000264. The van der Waals surface area contributed by atoms with Gasteiger partial charge >= 0.3 is 0 Å². The summed E-state index contributed by atoms with van der Waals surface area (Å²) in [5.74, 6) is 0.549. The summed E-state index contributed by atoms with van der Waals surface area (Å²) >= 11 is 0. The third-order valence-electron chi connectivity index (χ3n) is 3.26. The number of amides is 1. The van der Waals surface area contributed by atoms with Gasteiger partial charge in [0.2, 0.25) is 0 Å². The van der Waals surface area contributed by atoms with E-state index in [-0.39, 0.29) is 24.4 Å². The molecule has 6 nitrogen and oxygen atoms in total. The topological polar surface area (TPSA) is 78.9 Å². The number of aromatic nitrogens is 2. The standard InChI is InChI=1S/C16H21N5O.ClH/c1-11-7-8-15(21-20-11)19-14-6-4-5-13(9-14)16(22)18-10-12(2)17-3;/h4-9,12,17H,10H2,1-3H3,(H,18,22)(H,19,21);1H. The van der Waals surface area contributed by atoms with Gasteiger partial charge < -0.3 is 16.0 Å². The molecule has 1 amide bonds. The average Bonchev–Trinajstić information content (AvgIpc) is 2.54. The number of aryl methyl sites for hydroxylation is 1. The second-order valence-electron chi connectivity index (χ2n) is 5.17. The largest absolute Gasteiger partial charge is 0.350 e. The quantitative estimate of drug-likeness (QED) is 0.755. The first-order chi connectivity index (χ1) is 10.6. The number of carbonyl (C=O) groups excluding carboxylic acids is 1. The van der Waals surface area contributed by atoms with E-state index in [1.165, 1.54) is 0 Å². The van der Waals surface area contributed by atoms with Crippen LogP contribution >= 0.6 is 12.4 Å². The number of nitrogens with one attached hydrogen (secondary N) is 3. The zero-order valence-electron chi connectivity index (χ0n) is 13.5. The van der Waals surface area contributed by atoms with Crippen LogP contribution in [-0.4, -0.2) is 35.7 Å². The monoisotopic (exact) mass is 335 g/mol. The summed E-state index contributed by atoms with van der Waals surface area (Å²) in [4.78, 5) is 12.1. The van der Waals surface area contributed by atoms with Gasteiger partial charge in [0.1, 0.15) is 0 Å². The predicted molar refractivity (Wildman–Crippen MR) is 94.6 cm³/mol. The highest BCUT2D eigenvalue weighted by Gasteiger charge is 2.08. The Labute approximate surface area is 142 Å². The molecule has 0 aliphatic heterocycles. The van der Waals surface area contributed by atoms with Crippen molar-refractivity contribution in [1.29, 1.82) is 0 Å². The molecule has 1 atom stereocenters. The zero-order chi connectivity index (χ0) is 15.9. The van der Waals surface area contributed by atoms with Crippen LogP contribution in [0.5, 0.6) is 0 Å². The first-order valence-electron chi connectivity index (χ1n) is 7.21. The fourth-order valence-corrected chi connectivity index (χ4v) is 1.80. The molecule has 2 aromatic rings. The SMILES string of the molecule is CNC(C)CNC(=O)c1cccc(Nc2ccc(C)nn2)c1.Cl. The predicted octanol–water partition coefficient (Wildman–Crippen LogP) is 2.29. The molecule has 1 aromatic heterocycles. The minimum atomic E-state index is -0.0965. The molecule has 23 heavy (non-hydrogen) atoms. The number of benzene rings is 1. The van der Waals surface area contributed by atoms with E-state index in [4.69, 9.17) is 0 Å². The molecule has 124 valence electrons. The molecule has 0 aliphatic carbocycles. The molecule has 3 N–H and O–H groups in total. The molecule has 0 saturated carbocycles. The van der Waals surface area contributed by atoms with Crippen molar-refractivity contribution in [2.75, 3.05) is 18.9 Å². The molecule has 2 rings (SSSR count). The summed E-state index contributed by atoms with van der Waals surface area (Å²) in [6.45, 7) is 4.47. The van der Waals surface area contributed by atoms with Gasteiger partial charge in [-0.3, -0.25) is 4.79 Å². The van der Waals surface area contributed by atoms with Crippen molar-refractivity contribution >= 4 is 29.8 Å². The number of hydrogen-bond acceptors (Lipinski definition) is 5. The Morgan fingerprint density at radius 2 is 2.00 bits per heavy atom. The van der Waals surface area contributed by atoms with Crippen molar-refractivity contribution in [2.24, 2.45) is 0 Å². The van der Waals surface area contributed by atoms with Crippen LogP contribution in [0.3, 0.4) is 0 Å². The highest BCUT2D eigenvalue weighted by atomic mass is 35.5. The highest BCUT2D eigenvalue weighted by Crippen LogP contribution is 2.15. The van der Waals surface area contributed by atoms with Crippen LogP contribution in [0.2, 0.25) is 0 Å². The molecule has 1 aromatic carbocycles. The van der Waals surface area contributed by atoms with Crippen molar-refractivity contribution in [3.8, 4) is 0 Å². The van der Waals surface area contributed by atoms with Crippen molar-refractivity contribution in [2.45, 2.75) is 19.9 Å². The van der Waals surface area contributed by atoms with Gasteiger partial charge in [0.15, 0.2) is 5.82 Å². The highest BCUT2D eigenvalue weighted by molar-refractivity contribution is 5.95. The molecule has 0 saturated heterocycles. The van der Waals surface area contributed by atoms with E-state index in [2.05, 4.69) is 26.1 Å². The van der Waals surface area contributed by atoms with Gasteiger partial charge in [-0.25, -0.2) is 0 Å². The lowest BCUT2D eigenvalue weighted by Crippen LogP contribution is -2.37. The van der Waals surface area contributed by atoms with E-state index >= 15 is 0 Å². The number of rotatable bonds is 6. The Kier molecular flexibility index (Phi) is 7.44. The van der Waals surface area contributed by atoms with Crippen molar-refractivity contribution in [1.82, 2.24) is 20.8 Å². The van der Waals surface area contributed by atoms with Gasteiger partial charge in [-0.15, -0.1) is 17.5 Å². The first-order valence-corrected chi connectivity index (χ1v) is 7.21. The number of halogens is 1. The minimum Gasteiger partial charge on any atom is -0.350 e. The summed E-state index contributed by atoms with van der Waals surface area (Å²) in [5.41, 5.74) is 2.26. The van der Waals surface area contributed by atoms with Crippen LogP contribution in [0.25, 0.3) is 0 Å². The zero-order valence-corrected chi connectivity index (χ0v) is 14.3. The van der Waals surface area contributed by atoms with Crippen LogP contribution < -0.4 is 16.0 Å². The molecule has 1 unspecified atom stereocenters. The van der Waals surface area contributed by atoms with Crippen molar-refractivity contribution in [3.05, 3.63) is 47.7 Å². The smallest absolute Gasteiger partial charge is 0.251 e. The fourth-order valence-electron chi connectivity index (χ4n) is 1.80. The second-order valence-corrected chi connectivity index (χ2v) is 5.17. The Bertz CT molecular complexity index is 633. The van der Waals surface area contributed by atoms with Gasteiger partial charge in [-0.1, -0.05) is 6.07 Å². The number of carbonyl (C=O) groups is 1. The van der Waals surface area contributed by atoms with Gasteiger partial charge in [-0.2, -0.15) is 5.10 Å². The van der Waals surface area contributed by atoms with Gasteiger partial charge in [0, 0.05) is 23.8 Å². The van der Waals surface area contributed by atoms with Crippen LogP contribution in [0.15, 0.2) is 36.4 Å². The Morgan fingerprint density at radius 1 is 1.22 bits per heavy atom. The lowest BCUT2D eigenvalue weighted by Gasteiger charge is -2.12. The summed E-state index contributed by atoms with van der Waals surface area (Å²) in [5, 5.41) is 17.1. The molecule has 0 fully saturated rings. The first kappa shape index (κ1) is 18.9. The number of likely N-dealkylation sites (N-methyl/N-ethyl adjacent to an activating group) is 1. The van der Waals surface area contributed by atoms with Crippen LogP contribution in [0.4, 0.5) is 11.5 Å². The molecule has 7 heteroatoms. The summed E-state index contributed by atoms with van der Waals surface area (Å²) in [7, 11) is 1.87. The third-order valence-corrected chi connectivity index (χ3v) is 3.26. The van der Waals surface area contributed by atoms with Crippen LogP contribution in [-0.2, 0) is 0 Å². The van der Waals surface area contributed by atoms with E-state index in [0.717, 1.165) is 11.4 Å². The molecule has 0 spiro atoms. The van der Waals surface area contributed by atoms with E-state index in [1.807, 2.05) is 45.2 Å². The Morgan fingerprint density at radius 3 is 2.65 bits per heavy atom. The maximum atomic E-state index is 12.1. The maximum Gasteiger partial charge on any atom is 0.251 e. The lowest BCUT2D eigenvalue weighted by molar-refractivity contribution is 0.0950. The molecule has 1 heterocycles. The summed E-state index contributed by atoms with van der Waals surface area (Å²) in [6, 6.07) is 11.3. The molecule has 0 bridgehead atoms. The van der Waals surface area contributed by atoms with Crippen molar-refractivity contribution in [3.63, 3.8) is 0 Å². The number of nitrogens with zero attached hydrogens (tertiary/aromatic N) is 2. The number of hydrogen-bond donors (Lipinski definition) is 3. The van der Waals surface area contributed by atoms with E-state index < -0.39 is 0 Å². The van der Waals surface area contributed by atoms with Crippen LogP contribution in [0.1, 0.15) is 23.0 Å². The summed E-state index contributed by atoms with van der Waals surface area (Å²) < 4.78 is 0. The van der Waals surface area contributed by atoms with Gasteiger partial charge in [0.05, 0.1) is 5.69 Å². The lowest BCUT2D eigenvalue weighted by atomic mass is 10.2. The number of anilines is 2. The van der Waals surface area contributed by atoms with Crippen LogP contribution in [0, 0.1) is 6.92 Å². The third kappa shape index (κ3) is 5.84. The van der Waals surface area contributed by atoms with Gasteiger partial charge in [0.25, 0.3) is 5.91 Å². The molecule has 0 radical (unpaired) electrons. The van der Waals surface area contributed by atoms with Gasteiger partial charge in [-0.05, 0) is 51.2 Å². The fraction of sp³-hybridized carbons (Fsp3) is 0.312. The molecule has 0 aliphatic rings. The summed E-state index contributed by atoms with van der Waals surface area (Å²) in [6.07, 6.45) is 0. The Hall–Kier alpha value is -2.18. The van der Waals surface area contributed by atoms with E-state index in [0.29, 0.717) is 17.9 Å². The molecular weight excluding hydrogens is 314 g/mol. The second kappa shape index (κ2) is 9.07. The van der Waals surface area contributed by atoms with E-state index in [9.17, 15) is 4.79 Å². The normalized spacial score (nSPS) is 11.3. The maximum absolute atomic E-state index is 12.1. The minimum absolute atomic E-state index is 0. The van der Waals surface area contributed by atoms with E-state index in [1.54, 1.807) is 12.1 Å². The molecular formula is C16H22ClN5O. The average molecular weight is 336 g/mol.